The van der Waals surface area contributed by atoms with Crippen LogP contribution in [0.15, 0.2) is 67.1 Å². The van der Waals surface area contributed by atoms with Crippen LogP contribution in [0, 0.1) is 11.3 Å². The number of aliphatic hydroxyl groups is 1. The molecule has 4 rings (SSSR count). The maximum atomic E-state index is 12.6. The molecular weight excluding hydrogens is 402 g/mol. The predicted molar refractivity (Wildman–Crippen MR) is 122 cm³/mol. The third-order valence-corrected chi connectivity index (χ3v) is 6.15. The van der Waals surface area contributed by atoms with Gasteiger partial charge in [-0.3, -0.25) is 9.69 Å². The first-order valence-corrected chi connectivity index (χ1v) is 10.8. The van der Waals surface area contributed by atoms with E-state index in [1.165, 1.54) is 0 Å². The van der Waals surface area contributed by atoms with Gasteiger partial charge < -0.3 is 14.6 Å². The zero-order chi connectivity index (χ0) is 22.5. The Morgan fingerprint density at radius 3 is 2.62 bits per heavy atom. The number of hydrogen-bond donors (Lipinski definition) is 1. The number of para-hydroxylation sites is 1. The van der Waals surface area contributed by atoms with Crippen molar-refractivity contribution in [3.63, 3.8) is 0 Å². The van der Waals surface area contributed by atoms with E-state index in [-0.39, 0.29) is 17.9 Å². The Kier molecular flexibility index (Phi) is 6.64. The minimum atomic E-state index is -0.463. The Hall–Kier alpha value is -3.47. The van der Waals surface area contributed by atoms with Gasteiger partial charge in [0.25, 0.3) is 0 Å². The maximum Gasteiger partial charge on any atom is 0.181 e. The molecule has 0 saturated carbocycles. The molecule has 0 spiro atoms. The molecule has 2 atom stereocenters. The zero-order valence-corrected chi connectivity index (χ0v) is 18.1. The number of hydrogen-bond acceptors (Lipinski definition) is 6. The summed E-state index contributed by atoms with van der Waals surface area (Å²) in [6.45, 7) is 4.37. The Morgan fingerprint density at radius 2 is 1.94 bits per heavy atom. The largest absolute Gasteiger partial charge is 0.388 e. The number of aliphatic hydroxyl groups excluding tert-OH is 1. The molecule has 1 aliphatic rings. The number of benzene rings is 2. The molecule has 0 amide bonds. The van der Waals surface area contributed by atoms with Gasteiger partial charge in [-0.2, -0.15) is 5.26 Å². The highest BCUT2D eigenvalue weighted by molar-refractivity contribution is 5.88. The Labute approximate surface area is 188 Å². The number of piperazine rings is 1. The normalized spacial score (nSPS) is 17.7. The van der Waals surface area contributed by atoms with E-state index in [9.17, 15) is 9.90 Å². The van der Waals surface area contributed by atoms with Gasteiger partial charge in [0.15, 0.2) is 5.78 Å². The lowest BCUT2D eigenvalue weighted by Crippen LogP contribution is -2.57. The van der Waals surface area contributed by atoms with Crippen LogP contribution in [0.25, 0.3) is 0 Å². The summed E-state index contributed by atoms with van der Waals surface area (Å²) in [6.07, 6.45) is 3.70. The fraction of sp³-hybridized carbons (Fsp3) is 0.320. The topological polar surface area (TPSA) is 85.4 Å². The standard InChI is InChI=1S/C25H27N5O2/c1-19(21-9-7-20(13-26)8-10-21)30-18-27-14-23(30)15-28-11-12-29(22-5-3-2-4-6-22)24(16-28)25(32)17-31/h2-10,14,18-19,24,31H,11-12,15-17H2,1H3/t19-,24?/m1/s1. The van der Waals surface area contributed by atoms with Crippen LogP contribution in [0.3, 0.4) is 0 Å². The molecule has 0 bridgehead atoms. The molecule has 2 aromatic carbocycles. The van der Waals surface area contributed by atoms with Gasteiger partial charge in [-0.05, 0) is 36.8 Å². The second-order valence-electron chi connectivity index (χ2n) is 8.11. The van der Waals surface area contributed by atoms with Crippen LogP contribution in [-0.4, -0.2) is 57.6 Å². The van der Waals surface area contributed by atoms with Gasteiger partial charge in [-0.1, -0.05) is 30.3 Å². The number of rotatable bonds is 7. The van der Waals surface area contributed by atoms with Crippen molar-refractivity contribution in [2.45, 2.75) is 25.6 Å². The Bertz CT molecular complexity index is 1090. The molecule has 164 valence electrons. The summed E-state index contributed by atoms with van der Waals surface area (Å²) < 4.78 is 2.13. The first kappa shape index (κ1) is 21.8. The van der Waals surface area contributed by atoms with Gasteiger partial charge in [-0.25, -0.2) is 4.98 Å². The second kappa shape index (κ2) is 9.77. The smallest absolute Gasteiger partial charge is 0.181 e. The summed E-state index contributed by atoms with van der Waals surface area (Å²) in [5.41, 5.74) is 3.80. The van der Waals surface area contributed by atoms with Crippen molar-refractivity contribution in [3.8, 4) is 6.07 Å². The molecule has 32 heavy (non-hydrogen) atoms. The molecule has 7 heteroatoms. The fourth-order valence-electron chi connectivity index (χ4n) is 4.32. The molecule has 1 unspecified atom stereocenters. The van der Waals surface area contributed by atoms with Crippen LogP contribution in [0.1, 0.15) is 29.8 Å². The number of aromatic nitrogens is 2. The van der Waals surface area contributed by atoms with Crippen molar-refractivity contribution in [2.24, 2.45) is 0 Å². The molecule has 2 heterocycles. The lowest BCUT2D eigenvalue weighted by molar-refractivity contribution is -0.124. The molecule has 7 nitrogen and oxygen atoms in total. The SMILES string of the molecule is C[C@H](c1ccc(C#N)cc1)n1cncc1CN1CCN(c2ccccc2)C(C(=O)CO)C1. The quantitative estimate of drug-likeness (QED) is 0.621. The molecule has 1 aromatic heterocycles. The zero-order valence-electron chi connectivity index (χ0n) is 18.1. The van der Waals surface area contributed by atoms with Crippen molar-refractivity contribution in [1.29, 1.82) is 5.26 Å². The van der Waals surface area contributed by atoms with E-state index < -0.39 is 6.61 Å². The lowest BCUT2D eigenvalue weighted by Gasteiger charge is -2.42. The highest BCUT2D eigenvalue weighted by Crippen LogP contribution is 2.24. The van der Waals surface area contributed by atoms with E-state index in [2.05, 4.69) is 32.3 Å². The average Bonchev–Trinajstić information content (AvgIpc) is 3.31. The lowest BCUT2D eigenvalue weighted by atomic mass is 10.1. The number of imidazole rings is 1. The highest BCUT2D eigenvalue weighted by Gasteiger charge is 2.32. The van der Waals surface area contributed by atoms with Crippen LogP contribution in [0.2, 0.25) is 0 Å². The van der Waals surface area contributed by atoms with Gasteiger partial charge in [0.2, 0.25) is 0 Å². The molecule has 3 aromatic rings. The number of carbonyl (C=O) groups excluding carboxylic acids is 1. The number of nitriles is 1. The third-order valence-electron chi connectivity index (χ3n) is 6.15. The summed E-state index contributed by atoms with van der Waals surface area (Å²) in [5, 5.41) is 18.6. The summed E-state index contributed by atoms with van der Waals surface area (Å²) in [4.78, 5) is 21.3. The van der Waals surface area contributed by atoms with Crippen LogP contribution in [0.5, 0.6) is 0 Å². The van der Waals surface area contributed by atoms with Crippen LogP contribution in [-0.2, 0) is 11.3 Å². The van der Waals surface area contributed by atoms with Gasteiger partial charge in [0.05, 0.1) is 29.7 Å². The van der Waals surface area contributed by atoms with E-state index in [1.807, 2.05) is 67.1 Å². The molecule has 1 aliphatic heterocycles. The minimum Gasteiger partial charge on any atom is -0.388 e. The summed E-state index contributed by atoms with van der Waals surface area (Å²) >= 11 is 0. The molecule has 1 N–H and O–H groups in total. The van der Waals surface area contributed by atoms with Crippen LogP contribution in [0.4, 0.5) is 5.69 Å². The van der Waals surface area contributed by atoms with Crippen molar-refractivity contribution >= 4 is 11.5 Å². The molecule has 1 saturated heterocycles. The van der Waals surface area contributed by atoms with E-state index in [4.69, 9.17) is 5.26 Å². The Morgan fingerprint density at radius 1 is 1.19 bits per heavy atom. The fourth-order valence-corrected chi connectivity index (χ4v) is 4.32. The second-order valence-corrected chi connectivity index (χ2v) is 8.11. The first-order valence-electron chi connectivity index (χ1n) is 10.8. The monoisotopic (exact) mass is 429 g/mol. The van der Waals surface area contributed by atoms with Crippen molar-refractivity contribution in [1.82, 2.24) is 14.5 Å². The van der Waals surface area contributed by atoms with E-state index in [0.717, 1.165) is 23.5 Å². The minimum absolute atomic E-state index is 0.0701. The number of ketones is 1. The first-order chi connectivity index (χ1) is 15.6. The van der Waals surface area contributed by atoms with Crippen molar-refractivity contribution < 1.29 is 9.90 Å². The van der Waals surface area contributed by atoms with E-state index in [1.54, 1.807) is 0 Å². The van der Waals surface area contributed by atoms with Gasteiger partial charge in [0.1, 0.15) is 12.6 Å². The molecule has 1 fully saturated rings. The average molecular weight is 430 g/mol. The third kappa shape index (κ3) is 4.57. The predicted octanol–water partition coefficient (Wildman–Crippen LogP) is 2.62. The highest BCUT2D eigenvalue weighted by atomic mass is 16.3. The number of Topliss-reactive ketones (excluding diaryl/α,β-unsaturated/α-hetero) is 1. The molecule has 0 aliphatic carbocycles. The van der Waals surface area contributed by atoms with Gasteiger partial charge in [-0.15, -0.1) is 0 Å². The van der Waals surface area contributed by atoms with Crippen LogP contribution < -0.4 is 4.90 Å². The molecular formula is C25H27N5O2. The maximum absolute atomic E-state index is 12.6. The molecule has 0 radical (unpaired) electrons. The summed E-state index contributed by atoms with van der Waals surface area (Å²) in [5.74, 6) is -0.169. The number of carbonyl (C=O) groups is 1. The number of nitrogens with zero attached hydrogens (tertiary/aromatic N) is 5. The van der Waals surface area contributed by atoms with Crippen LogP contribution >= 0.6 is 0 Å². The Balaban J connectivity index is 1.50. The van der Waals surface area contributed by atoms with E-state index >= 15 is 0 Å². The number of anilines is 1. The summed E-state index contributed by atoms with van der Waals surface area (Å²) in [6, 6.07) is 19.3. The van der Waals surface area contributed by atoms with Crippen molar-refractivity contribution in [2.75, 3.05) is 31.1 Å². The van der Waals surface area contributed by atoms with E-state index in [0.29, 0.717) is 25.2 Å². The van der Waals surface area contributed by atoms with Gasteiger partial charge >= 0.3 is 0 Å². The summed E-state index contributed by atoms with van der Waals surface area (Å²) in [7, 11) is 0. The van der Waals surface area contributed by atoms with Crippen molar-refractivity contribution in [3.05, 3.63) is 83.9 Å². The van der Waals surface area contributed by atoms with Gasteiger partial charge in [0, 0.05) is 38.1 Å².